The Morgan fingerprint density at radius 2 is 1.88 bits per heavy atom. The normalized spacial score (nSPS) is 15.2. The molecule has 2 N–H and O–H groups in total. The first-order valence-corrected chi connectivity index (χ1v) is 13.8. The first-order chi connectivity index (χ1) is 16.6. The zero-order valence-corrected chi connectivity index (χ0v) is 22.5. The van der Waals surface area contributed by atoms with Gasteiger partial charge in [-0.3, -0.25) is 0 Å². The molecule has 1 saturated heterocycles. The van der Waals surface area contributed by atoms with Crippen LogP contribution in [-0.4, -0.2) is 63.3 Å². The molecule has 0 aliphatic carbocycles. The van der Waals surface area contributed by atoms with Crippen LogP contribution in [0.1, 0.15) is 43.2 Å². The van der Waals surface area contributed by atoms with E-state index in [0.717, 1.165) is 78.0 Å². The zero-order valence-electron chi connectivity index (χ0n) is 20.9. The molecule has 0 saturated carbocycles. The average molecular weight is 508 g/mol. The van der Waals surface area contributed by atoms with Gasteiger partial charge in [-0.15, -0.1) is 23.1 Å². The number of thiazole rings is 1. The summed E-state index contributed by atoms with van der Waals surface area (Å²) in [5.74, 6) is 1.41. The smallest absolute Gasteiger partial charge is 0.142 e. The Morgan fingerprint density at radius 1 is 1.21 bits per heavy atom. The number of nitrogens with two attached hydrogens (primary N) is 1. The van der Waals surface area contributed by atoms with E-state index in [0.29, 0.717) is 24.1 Å². The van der Waals surface area contributed by atoms with Gasteiger partial charge in [-0.25, -0.2) is 4.98 Å². The molecule has 0 unspecified atom stereocenters. The van der Waals surface area contributed by atoms with Crippen LogP contribution in [0.5, 0.6) is 11.5 Å². The maximum Gasteiger partial charge on any atom is 0.142 e. The molecule has 0 radical (unpaired) electrons. The van der Waals surface area contributed by atoms with Crippen LogP contribution >= 0.6 is 23.1 Å². The van der Waals surface area contributed by atoms with Gasteiger partial charge in [-0.2, -0.15) is 0 Å². The second-order valence-corrected chi connectivity index (χ2v) is 9.86. The molecule has 0 spiro atoms. The number of methoxy groups -OCH3 is 3. The van der Waals surface area contributed by atoms with Gasteiger partial charge >= 0.3 is 0 Å². The minimum Gasteiger partial charge on any atom is -0.496 e. The number of hydrogen-bond acceptors (Lipinski definition) is 9. The van der Waals surface area contributed by atoms with Gasteiger partial charge < -0.3 is 29.6 Å². The molecule has 188 valence electrons. The Bertz CT molecular complexity index is 932. The number of hydrogen-bond donors (Lipinski definition) is 1. The Labute approximate surface area is 211 Å². The maximum absolute atomic E-state index is 6.61. The van der Waals surface area contributed by atoms with E-state index in [1.807, 2.05) is 18.4 Å². The van der Waals surface area contributed by atoms with Crippen molar-refractivity contribution in [2.45, 2.75) is 45.3 Å². The lowest BCUT2D eigenvalue weighted by Gasteiger charge is -2.37. The van der Waals surface area contributed by atoms with E-state index in [1.54, 1.807) is 44.4 Å². The molecule has 1 aromatic carbocycles. The standard InChI is InChI=1S/C25H37N3O4S2/c1-6-7-10-28(18-8-11-32-12-9-18)23(24(26)33-5)25-27-19(16-34-25)22-20(30-3)13-17(15-29-2)14-21(22)31-4/h13-14,16,18H,6-12,15,26H2,1-5H3. The monoisotopic (exact) mass is 507 g/mol. The van der Waals surface area contributed by atoms with Crippen molar-refractivity contribution in [3.8, 4) is 22.8 Å². The van der Waals surface area contributed by atoms with Crippen molar-refractivity contribution in [3.63, 3.8) is 0 Å². The molecule has 1 fully saturated rings. The quantitative estimate of drug-likeness (QED) is 0.420. The summed E-state index contributed by atoms with van der Waals surface area (Å²) in [6, 6.07) is 4.34. The molecule has 1 aliphatic rings. The Balaban J connectivity index is 2.06. The summed E-state index contributed by atoms with van der Waals surface area (Å²) in [7, 11) is 5.00. The maximum atomic E-state index is 6.61. The summed E-state index contributed by atoms with van der Waals surface area (Å²) in [4.78, 5) is 7.54. The van der Waals surface area contributed by atoms with Gasteiger partial charge in [0.1, 0.15) is 22.2 Å². The van der Waals surface area contributed by atoms with E-state index in [9.17, 15) is 0 Å². The second-order valence-electron chi connectivity index (χ2n) is 8.15. The highest BCUT2D eigenvalue weighted by Crippen LogP contribution is 2.42. The van der Waals surface area contributed by atoms with Crippen LogP contribution < -0.4 is 15.2 Å². The summed E-state index contributed by atoms with van der Waals surface area (Å²) in [6.07, 6.45) is 6.23. The van der Waals surface area contributed by atoms with Crippen LogP contribution in [0.4, 0.5) is 0 Å². The van der Waals surface area contributed by atoms with Crippen molar-refractivity contribution in [1.29, 1.82) is 0 Å². The van der Waals surface area contributed by atoms with Crippen LogP contribution in [0, 0.1) is 0 Å². The van der Waals surface area contributed by atoms with Crippen LogP contribution in [0.15, 0.2) is 22.5 Å². The third-order valence-electron chi connectivity index (χ3n) is 5.96. The highest BCUT2D eigenvalue weighted by atomic mass is 32.2. The Kier molecular flexibility index (Phi) is 10.4. The van der Waals surface area contributed by atoms with Gasteiger partial charge in [0.2, 0.25) is 0 Å². The fourth-order valence-corrected chi connectivity index (χ4v) is 5.59. The number of nitrogens with zero attached hydrogens (tertiary/aromatic N) is 2. The highest BCUT2D eigenvalue weighted by molar-refractivity contribution is 8.02. The number of aromatic nitrogens is 1. The summed E-state index contributed by atoms with van der Waals surface area (Å²) >= 11 is 3.17. The Morgan fingerprint density at radius 3 is 2.44 bits per heavy atom. The largest absolute Gasteiger partial charge is 0.496 e. The third-order valence-corrected chi connectivity index (χ3v) is 7.45. The minimum absolute atomic E-state index is 0.394. The molecule has 7 nitrogen and oxygen atoms in total. The SMILES string of the molecule is CCCCN(C(=C(N)SC)c1nc(-c2c(OC)cc(COC)cc2OC)cs1)C1CCOCC1. The molecule has 0 bridgehead atoms. The van der Waals surface area contributed by atoms with E-state index in [4.69, 9.17) is 29.7 Å². The fourth-order valence-electron chi connectivity index (χ4n) is 4.23. The van der Waals surface area contributed by atoms with Crippen LogP contribution in [-0.2, 0) is 16.1 Å². The molecule has 3 rings (SSSR count). The zero-order chi connectivity index (χ0) is 24.5. The van der Waals surface area contributed by atoms with Crippen molar-refractivity contribution in [3.05, 3.63) is 33.1 Å². The minimum atomic E-state index is 0.394. The first-order valence-electron chi connectivity index (χ1n) is 11.7. The lowest BCUT2D eigenvalue weighted by Crippen LogP contribution is -2.39. The van der Waals surface area contributed by atoms with Crippen molar-refractivity contribution < 1.29 is 18.9 Å². The highest BCUT2D eigenvalue weighted by Gasteiger charge is 2.28. The molecule has 9 heteroatoms. The summed E-state index contributed by atoms with van der Waals surface area (Å²) in [5, 5.41) is 3.76. The van der Waals surface area contributed by atoms with Crippen molar-refractivity contribution in [2.75, 3.05) is 47.3 Å². The molecule has 2 heterocycles. The third kappa shape index (κ3) is 6.19. The topological polar surface area (TPSA) is 79.1 Å². The average Bonchev–Trinajstić information content (AvgIpc) is 3.35. The molecule has 1 aliphatic heterocycles. The van der Waals surface area contributed by atoms with E-state index in [1.165, 1.54) is 0 Å². The van der Waals surface area contributed by atoms with Crippen LogP contribution in [0.3, 0.4) is 0 Å². The summed E-state index contributed by atoms with van der Waals surface area (Å²) in [6.45, 7) is 5.21. The van der Waals surface area contributed by atoms with Crippen molar-refractivity contribution in [2.24, 2.45) is 5.73 Å². The molecule has 1 aromatic heterocycles. The van der Waals surface area contributed by atoms with E-state index in [2.05, 4.69) is 17.2 Å². The fraction of sp³-hybridized carbons (Fsp3) is 0.560. The molecule has 34 heavy (non-hydrogen) atoms. The number of ether oxygens (including phenoxy) is 4. The number of thioether (sulfide) groups is 1. The van der Waals surface area contributed by atoms with E-state index < -0.39 is 0 Å². The predicted octanol–water partition coefficient (Wildman–Crippen LogP) is 5.20. The molecular formula is C25H37N3O4S2. The van der Waals surface area contributed by atoms with Gasteiger partial charge in [0.15, 0.2) is 0 Å². The van der Waals surface area contributed by atoms with Gasteiger partial charge in [0.25, 0.3) is 0 Å². The summed E-state index contributed by atoms with van der Waals surface area (Å²) in [5.41, 5.74) is 10.3. The van der Waals surface area contributed by atoms with Gasteiger partial charge in [0, 0.05) is 38.3 Å². The lowest BCUT2D eigenvalue weighted by molar-refractivity contribution is 0.0521. The molecule has 2 aromatic rings. The molecule has 0 atom stereocenters. The predicted molar refractivity (Wildman–Crippen MR) is 141 cm³/mol. The number of benzene rings is 1. The van der Waals surface area contributed by atoms with Gasteiger partial charge in [0.05, 0.1) is 37.1 Å². The lowest BCUT2D eigenvalue weighted by atomic mass is 10.1. The van der Waals surface area contributed by atoms with Gasteiger partial charge in [-0.1, -0.05) is 13.3 Å². The van der Waals surface area contributed by atoms with E-state index >= 15 is 0 Å². The first kappa shape index (κ1) is 26.7. The van der Waals surface area contributed by atoms with Crippen molar-refractivity contribution >= 4 is 28.8 Å². The number of rotatable bonds is 12. The van der Waals surface area contributed by atoms with Crippen LogP contribution in [0.25, 0.3) is 17.0 Å². The second kappa shape index (κ2) is 13.2. The molecule has 0 amide bonds. The van der Waals surface area contributed by atoms with Crippen molar-refractivity contribution in [1.82, 2.24) is 9.88 Å². The summed E-state index contributed by atoms with van der Waals surface area (Å²) < 4.78 is 22.4. The molecular weight excluding hydrogens is 470 g/mol. The van der Waals surface area contributed by atoms with Crippen LogP contribution in [0.2, 0.25) is 0 Å². The van der Waals surface area contributed by atoms with Gasteiger partial charge in [-0.05, 0) is 43.2 Å². The Hall–Kier alpha value is -1.94. The number of unbranched alkanes of at least 4 members (excludes halogenated alkanes) is 1. The van der Waals surface area contributed by atoms with E-state index in [-0.39, 0.29) is 0 Å².